The van der Waals surface area contributed by atoms with Crippen LogP contribution in [0.25, 0.3) is 10.8 Å². The lowest BCUT2D eigenvalue weighted by Crippen LogP contribution is -1.99. The molecule has 0 saturated carbocycles. The Labute approximate surface area is 118 Å². The van der Waals surface area contributed by atoms with Crippen molar-refractivity contribution in [3.05, 3.63) is 47.1 Å². The van der Waals surface area contributed by atoms with Crippen LogP contribution in [0.1, 0.15) is 0 Å². The molecule has 7 heteroatoms. The van der Waals surface area contributed by atoms with Gasteiger partial charge in [-0.25, -0.2) is 0 Å². The first-order chi connectivity index (χ1) is 9.24. The van der Waals surface area contributed by atoms with Gasteiger partial charge in [-0.05, 0) is 29.1 Å². The van der Waals surface area contributed by atoms with Crippen molar-refractivity contribution >= 4 is 45.5 Å². The largest absolute Gasteiger partial charge is 0.337 e. The van der Waals surface area contributed by atoms with E-state index in [2.05, 4.69) is 25.5 Å². The first-order valence-corrected chi connectivity index (χ1v) is 6.15. The van der Waals surface area contributed by atoms with Gasteiger partial charge in [-0.1, -0.05) is 23.7 Å². The normalized spacial score (nSPS) is 10.6. The zero-order valence-electron chi connectivity index (χ0n) is 9.51. The summed E-state index contributed by atoms with van der Waals surface area (Å²) in [6, 6.07) is 7.74. The van der Waals surface area contributed by atoms with Crippen molar-refractivity contribution in [3.8, 4) is 0 Å². The molecule has 3 aromatic rings. The number of rotatable bonds is 2. The summed E-state index contributed by atoms with van der Waals surface area (Å²) in [4.78, 5) is 8.11. The van der Waals surface area contributed by atoms with Gasteiger partial charge in [0.1, 0.15) is 0 Å². The van der Waals surface area contributed by atoms with E-state index in [0.717, 1.165) is 16.5 Å². The van der Waals surface area contributed by atoms with E-state index in [1.165, 1.54) is 0 Å². The molecule has 0 amide bonds. The van der Waals surface area contributed by atoms with Crippen LogP contribution in [0.15, 0.2) is 36.7 Å². The number of benzene rings is 1. The fraction of sp³-hybridized carbons (Fsp3) is 0. The summed E-state index contributed by atoms with van der Waals surface area (Å²) >= 11 is 11.6. The SMILES string of the molecule is Clc1nnc(Cl)c(Nc2cccc3ccncc23)n1. The topological polar surface area (TPSA) is 63.6 Å². The molecular weight excluding hydrogens is 285 g/mol. The van der Waals surface area contributed by atoms with Gasteiger partial charge in [-0.15, -0.1) is 10.2 Å². The van der Waals surface area contributed by atoms with Crippen molar-refractivity contribution in [1.29, 1.82) is 0 Å². The molecular formula is C12H7Cl2N5. The Hall–Kier alpha value is -1.98. The summed E-state index contributed by atoms with van der Waals surface area (Å²) in [6.45, 7) is 0. The van der Waals surface area contributed by atoms with E-state index in [0.29, 0.717) is 5.82 Å². The zero-order valence-corrected chi connectivity index (χ0v) is 11.0. The van der Waals surface area contributed by atoms with E-state index >= 15 is 0 Å². The quantitative estimate of drug-likeness (QED) is 0.783. The van der Waals surface area contributed by atoms with E-state index in [1.54, 1.807) is 12.4 Å². The third kappa shape index (κ3) is 2.43. The van der Waals surface area contributed by atoms with Crippen LogP contribution in [0.4, 0.5) is 11.5 Å². The predicted octanol–water partition coefficient (Wildman–Crippen LogP) is 3.47. The molecule has 1 aromatic carbocycles. The molecule has 1 N–H and O–H groups in total. The molecule has 5 nitrogen and oxygen atoms in total. The highest BCUT2D eigenvalue weighted by Gasteiger charge is 2.08. The van der Waals surface area contributed by atoms with Crippen molar-refractivity contribution in [2.24, 2.45) is 0 Å². The van der Waals surface area contributed by atoms with Gasteiger partial charge in [-0.2, -0.15) is 4.98 Å². The van der Waals surface area contributed by atoms with Crippen LogP contribution in [0.3, 0.4) is 0 Å². The van der Waals surface area contributed by atoms with Gasteiger partial charge in [0.05, 0.1) is 0 Å². The summed E-state index contributed by atoms with van der Waals surface area (Å²) in [6.07, 6.45) is 3.50. The standard InChI is InChI=1S/C12H7Cl2N5/c13-10-11(17-12(14)19-18-10)16-9-3-1-2-7-4-5-15-6-8(7)9/h1-6H,(H,16,17,19). The molecule has 3 rings (SSSR count). The minimum absolute atomic E-state index is 0.0326. The Morgan fingerprint density at radius 2 is 1.95 bits per heavy atom. The Balaban J connectivity index is 2.08. The third-order valence-corrected chi connectivity index (χ3v) is 2.97. The first kappa shape index (κ1) is 12.1. The smallest absolute Gasteiger partial charge is 0.245 e. The van der Waals surface area contributed by atoms with E-state index < -0.39 is 0 Å². The van der Waals surface area contributed by atoms with Crippen molar-refractivity contribution in [3.63, 3.8) is 0 Å². The number of anilines is 2. The molecule has 19 heavy (non-hydrogen) atoms. The molecule has 0 atom stereocenters. The zero-order chi connectivity index (χ0) is 13.2. The Morgan fingerprint density at radius 1 is 1.05 bits per heavy atom. The fourth-order valence-corrected chi connectivity index (χ4v) is 1.97. The molecule has 0 unspecified atom stereocenters. The van der Waals surface area contributed by atoms with Gasteiger partial charge >= 0.3 is 0 Å². The van der Waals surface area contributed by atoms with Gasteiger partial charge < -0.3 is 5.32 Å². The Kier molecular flexibility index (Phi) is 3.15. The lowest BCUT2D eigenvalue weighted by molar-refractivity contribution is 0.975. The van der Waals surface area contributed by atoms with Crippen LogP contribution in [-0.4, -0.2) is 20.2 Å². The predicted molar refractivity (Wildman–Crippen MR) is 74.9 cm³/mol. The van der Waals surface area contributed by atoms with Crippen LogP contribution in [0.5, 0.6) is 0 Å². The van der Waals surface area contributed by atoms with Crippen molar-refractivity contribution in [2.75, 3.05) is 5.32 Å². The van der Waals surface area contributed by atoms with E-state index in [4.69, 9.17) is 23.2 Å². The highest BCUT2D eigenvalue weighted by atomic mass is 35.5. The van der Waals surface area contributed by atoms with Gasteiger partial charge in [-0.3, -0.25) is 4.98 Å². The third-order valence-electron chi connectivity index (χ3n) is 2.56. The second kappa shape index (κ2) is 4.95. The van der Waals surface area contributed by atoms with E-state index in [-0.39, 0.29) is 10.4 Å². The van der Waals surface area contributed by atoms with Gasteiger partial charge in [0.25, 0.3) is 0 Å². The molecule has 0 aliphatic carbocycles. The molecule has 0 spiro atoms. The Morgan fingerprint density at radius 3 is 2.84 bits per heavy atom. The van der Waals surface area contributed by atoms with Crippen LogP contribution in [0, 0.1) is 0 Å². The number of hydrogen-bond acceptors (Lipinski definition) is 5. The summed E-state index contributed by atoms with van der Waals surface area (Å²) in [7, 11) is 0. The van der Waals surface area contributed by atoms with E-state index in [1.807, 2.05) is 24.3 Å². The number of pyridine rings is 1. The lowest BCUT2D eigenvalue weighted by atomic mass is 10.1. The minimum Gasteiger partial charge on any atom is -0.337 e. The summed E-state index contributed by atoms with van der Waals surface area (Å²) in [5, 5.41) is 12.6. The molecule has 0 fully saturated rings. The molecule has 2 heterocycles. The van der Waals surface area contributed by atoms with Gasteiger partial charge in [0.15, 0.2) is 11.0 Å². The summed E-state index contributed by atoms with van der Waals surface area (Å²) in [5.74, 6) is 0.359. The second-order valence-electron chi connectivity index (χ2n) is 3.75. The van der Waals surface area contributed by atoms with Crippen LogP contribution in [-0.2, 0) is 0 Å². The molecule has 94 valence electrons. The summed E-state index contributed by atoms with van der Waals surface area (Å²) < 4.78 is 0. The van der Waals surface area contributed by atoms with Gasteiger partial charge in [0.2, 0.25) is 5.28 Å². The average molecular weight is 292 g/mol. The minimum atomic E-state index is 0.0326. The van der Waals surface area contributed by atoms with Crippen LogP contribution in [0.2, 0.25) is 10.4 Å². The maximum atomic E-state index is 5.92. The number of aromatic nitrogens is 4. The number of nitrogens with zero attached hydrogens (tertiary/aromatic N) is 4. The molecule has 0 saturated heterocycles. The monoisotopic (exact) mass is 291 g/mol. The lowest BCUT2D eigenvalue weighted by Gasteiger charge is -2.09. The van der Waals surface area contributed by atoms with Crippen molar-refractivity contribution < 1.29 is 0 Å². The van der Waals surface area contributed by atoms with Crippen molar-refractivity contribution in [2.45, 2.75) is 0 Å². The molecule has 0 radical (unpaired) electrons. The number of nitrogens with one attached hydrogen (secondary N) is 1. The van der Waals surface area contributed by atoms with Crippen molar-refractivity contribution in [1.82, 2.24) is 20.2 Å². The maximum absolute atomic E-state index is 5.92. The number of fused-ring (bicyclic) bond motifs is 1. The summed E-state index contributed by atoms with van der Waals surface area (Å²) in [5.41, 5.74) is 0.823. The molecule has 0 bridgehead atoms. The molecule has 0 aliphatic heterocycles. The first-order valence-electron chi connectivity index (χ1n) is 5.39. The molecule has 0 aliphatic rings. The van der Waals surface area contributed by atoms with Crippen LogP contribution >= 0.6 is 23.2 Å². The maximum Gasteiger partial charge on any atom is 0.245 e. The number of halogens is 2. The Bertz CT molecular complexity index is 742. The van der Waals surface area contributed by atoms with E-state index in [9.17, 15) is 0 Å². The average Bonchev–Trinajstić information content (AvgIpc) is 2.43. The second-order valence-corrected chi connectivity index (χ2v) is 4.44. The molecule has 2 aromatic heterocycles. The van der Waals surface area contributed by atoms with Crippen LogP contribution < -0.4 is 5.32 Å². The number of hydrogen-bond donors (Lipinski definition) is 1. The highest BCUT2D eigenvalue weighted by molar-refractivity contribution is 6.32. The highest BCUT2D eigenvalue weighted by Crippen LogP contribution is 2.27. The van der Waals surface area contributed by atoms with Gasteiger partial charge in [0, 0.05) is 23.5 Å². The fourth-order valence-electron chi connectivity index (χ4n) is 1.72.